The van der Waals surface area contributed by atoms with Gasteiger partial charge in [0.25, 0.3) is 5.91 Å². The van der Waals surface area contributed by atoms with Crippen molar-refractivity contribution in [1.82, 2.24) is 10.3 Å². The number of nitrogens with zero attached hydrogens (tertiary/aromatic N) is 1. The van der Waals surface area contributed by atoms with Crippen molar-refractivity contribution in [1.29, 1.82) is 0 Å². The van der Waals surface area contributed by atoms with Gasteiger partial charge in [0, 0.05) is 17.5 Å². The molecule has 116 valence electrons. The molecule has 1 amide bonds. The minimum atomic E-state index is -1.48. The Hall–Kier alpha value is -2.37. The summed E-state index contributed by atoms with van der Waals surface area (Å²) in [6, 6.07) is 7.13. The first-order chi connectivity index (χ1) is 10.6. The summed E-state index contributed by atoms with van der Waals surface area (Å²) in [5, 5.41) is 4.39. The van der Waals surface area contributed by atoms with E-state index in [1.54, 1.807) is 20.2 Å². The van der Waals surface area contributed by atoms with E-state index >= 15 is 0 Å². The molecule has 1 fully saturated rings. The number of nitrogens with one attached hydrogen (secondary N) is 1. The van der Waals surface area contributed by atoms with Crippen LogP contribution in [0.2, 0.25) is 0 Å². The quantitative estimate of drug-likeness (QED) is 0.939. The van der Waals surface area contributed by atoms with Crippen LogP contribution in [0.15, 0.2) is 30.5 Å². The number of hydrogen-bond donors (Lipinski definition) is 1. The lowest BCUT2D eigenvalue weighted by molar-refractivity contribution is -0.123. The number of halogens is 1. The number of aromatic nitrogens is 1. The molecule has 1 aliphatic heterocycles. The summed E-state index contributed by atoms with van der Waals surface area (Å²) >= 11 is 0. The molecule has 0 saturated carbocycles. The minimum Gasteiger partial charge on any atom is -0.497 e. The van der Waals surface area contributed by atoms with Gasteiger partial charge in [-0.05, 0) is 23.6 Å². The van der Waals surface area contributed by atoms with E-state index in [4.69, 9.17) is 9.47 Å². The van der Waals surface area contributed by atoms with Crippen molar-refractivity contribution < 1.29 is 18.7 Å². The van der Waals surface area contributed by atoms with Gasteiger partial charge in [-0.3, -0.25) is 4.79 Å². The third-order valence-electron chi connectivity index (χ3n) is 4.01. The largest absolute Gasteiger partial charge is 0.497 e. The van der Waals surface area contributed by atoms with E-state index in [0.29, 0.717) is 11.6 Å². The van der Waals surface area contributed by atoms with Crippen LogP contribution in [0, 0.1) is 5.92 Å². The molecule has 2 heterocycles. The van der Waals surface area contributed by atoms with Crippen molar-refractivity contribution in [2.24, 2.45) is 5.92 Å². The molecule has 1 saturated heterocycles. The van der Waals surface area contributed by atoms with Crippen molar-refractivity contribution in [3.05, 3.63) is 30.5 Å². The Kier molecular flexibility index (Phi) is 3.83. The first-order valence-corrected chi connectivity index (χ1v) is 7.10. The van der Waals surface area contributed by atoms with Crippen LogP contribution in [-0.2, 0) is 4.79 Å². The van der Waals surface area contributed by atoms with Crippen LogP contribution in [-0.4, -0.2) is 36.8 Å². The van der Waals surface area contributed by atoms with Crippen LogP contribution >= 0.6 is 0 Å². The highest BCUT2D eigenvalue weighted by Gasteiger charge is 2.39. The van der Waals surface area contributed by atoms with Crippen molar-refractivity contribution in [3.63, 3.8) is 0 Å². The maximum absolute atomic E-state index is 13.5. The zero-order chi connectivity index (χ0) is 15.7. The van der Waals surface area contributed by atoms with Gasteiger partial charge in [-0.1, -0.05) is 13.0 Å². The maximum atomic E-state index is 13.5. The molecular formula is C16H17FN2O3. The number of rotatable bonds is 4. The molecule has 0 unspecified atom stereocenters. The second-order valence-electron chi connectivity index (χ2n) is 5.39. The average molecular weight is 304 g/mol. The molecule has 5 nitrogen and oxygen atoms in total. The zero-order valence-corrected chi connectivity index (χ0v) is 12.4. The summed E-state index contributed by atoms with van der Waals surface area (Å²) in [7, 11) is 1.59. The molecule has 3 rings (SSSR count). The Morgan fingerprint density at radius 1 is 1.36 bits per heavy atom. The molecule has 1 aliphatic rings. The standard InChI is InChI=1S/C16H17FN2O3/c1-9-13(19-15(20)14(9)17)8-22-16-12-7-11(21-2)4-3-10(12)5-6-18-16/h3-7,9,13-14H,8H2,1-2H3,(H,19,20)/t9-,13+,14-/m0/s1. The monoisotopic (exact) mass is 304 g/mol. The number of amides is 1. The Bertz CT molecular complexity index is 707. The molecule has 0 bridgehead atoms. The van der Waals surface area contributed by atoms with E-state index in [0.717, 1.165) is 10.8 Å². The van der Waals surface area contributed by atoms with Gasteiger partial charge in [0.2, 0.25) is 5.88 Å². The zero-order valence-electron chi connectivity index (χ0n) is 12.4. The van der Waals surface area contributed by atoms with E-state index in [1.165, 1.54) is 0 Å². The number of fused-ring (bicyclic) bond motifs is 1. The van der Waals surface area contributed by atoms with Crippen molar-refractivity contribution in [3.8, 4) is 11.6 Å². The van der Waals surface area contributed by atoms with Gasteiger partial charge in [0.05, 0.1) is 13.2 Å². The van der Waals surface area contributed by atoms with Gasteiger partial charge in [-0.15, -0.1) is 0 Å². The van der Waals surface area contributed by atoms with Crippen LogP contribution in [0.4, 0.5) is 4.39 Å². The lowest BCUT2D eigenvalue weighted by atomic mass is 10.0. The Morgan fingerprint density at radius 2 is 2.18 bits per heavy atom. The molecule has 3 atom stereocenters. The summed E-state index contributed by atoms with van der Waals surface area (Å²) in [5.41, 5.74) is 0. The van der Waals surface area contributed by atoms with Crippen molar-refractivity contribution in [2.45, 2.75) is 19.1 Å². The first-order valence-electron chi connectivity index (χ1n) is 7.10. The van der Waals surface area contributed by atoms with Gasteiger partial charge in [0.1, 0.15) is 12.4 Å². The highest BCUT2D eigenvalue weighted by Crippen LogP contribution is 2.28. The van der Waals surface area contributed by atoms with Gasteiger partial charge in [-0.25, -0.2) is 9.37 Å². The predicted molar refractivity (Wildman–Crippen MR) is 79.8 cm³/mol. The van der Waals surface area contributed by atoms with Gasteiger partial charge in [-0.2, -0.15) is 0 Å². The summed E-state index contributed by atoms with van der Waals surface area (Å²) in [4.78, 5) is 15.6. The molecule has 1 N–H and O–H groups in total. The van der Waals surface area contributed by atoms with E-state index in [9.17, 15) is 9.18 Å². The number of carbonyl (C=O) groups is 1. The molecular weight excluding hydrogens is 287 g/mol. The second kappa shape index (κ2) is 5.79. The molecule has 2 aromatic rings. The van der Waals surface area contributed by atoms with E-state index in [1.807, 2.05) is 24.3 Å². The molecule has 0 spiro atoms. The normalized spacial score (nSPS) is 24.3. The number of pyridine rings is 1. The Balaban J connectivity index is 1.81. The van der Waals surface area contributed by atoms with E-state index in [2.05, 4.69) is 10.3 Å². The van der Waals surface area contributed by atoms with Crippen LogP contribution in [0.5, 0.6) is 11.6 Å². The molecule has 1 aromatic carbocycles. The topological polar surface area (TPSA) is 60.5 Å². The number of carbonyl (C=O) groups excluding carboxylic acids is 1. The van der Waals surface area contributed by atoms with Gasteiger partial charge >= 0.3 is 0 Å². The molecule has 6 heteroatoms. The fourth-order valence-corrected chi connectivity index (χ4v) is 2.56. The van der Waals surface area contributed by atoms with Crippen molar-refractivity contribution >= 4 is 16.7 Å². The first kappa shape index (κ1) is 14.6. The number of alkyl halides is 1. The number of benzene rings is 1. The minimum absolute atomic E-state index is 0.177. The fraction of sp³-hybridized carbons (Fsp3) is 0.375. The maximum Gasteiger partial charge on any atom is 0.255 e. The highest BCUT2D eigenvalue weighted by molar-refractivity contribution is 5.88. The number of methoxy groups -OCH3 is 1. The molecule has 1 aromatic heterocycles. The highest BCUT2D eigenvalue weighted by atomic mass is 19.1. The number of ether oxygens (including phenoxy) is 2. The third kappa shape index (κ3) is 2.56. The third-order valence-corrected chi connectivity index (χ3v) is 4.01. The van der Waals surface area contributed by atoms with Gasteiger partial charge < -0.3 is 14.8 Å². The van der Waals surface area contributed by atoms with E-state index in [-0.39, 0.29) is 12.6 Å². The smallest absolute Gasteiger partial charge is 0.255 e. The van der Waals surface area contributed by atoms with Crippen LogP contribution < -0.4 is 14.8 Å². The lowest BCUT2D eigenvalue weighted by Gasteiger charge is -2.16. The fourth-order valence-electron chi connectivity index (χ4n) is 2.56. The van der Waals surface area contributed by atoms with Crippen LogP contribution in [0.3, 0.4) is 0 Å². The SMILES string of the molecule is COc1ccc2ccnc(OC[C@H]3NC(=O)[C@@H](F)[C@H]3C)c2c1. The summed E-state index contributed by atoms with van der Waals surface area (Å²) in [6.45, 7) is 1.87. The van der Waals surface area contributed by atoms with Gasteiger partial charge in [0.15, 0.2) is 6.17 Å². The Labute approximate surface area is 127 Å². The summed E-state index contributed by atoms with van der Waals surface area (Å²) < 4.78 is 24.5. The lowest BCUT2D eigenvalue weighted by Crippen LogP contribution is -2.34. The summed E-state index contributed by atoms with van der Waals surface area (Å²) in [6.07, 6.45) is 0.174. The predicted octanol–water partition coefficient (Wildman–Crippen LogP) is 2.09. The molecule has 22 heavy (non-hydrogen) atoms. The molecule has 0 aliphatic carbocycles. The second-order valence-corrected chi connectivity index (χ2v) is 5.39. The van der Waals surface area contributed by atoms with Crippen LogP contribution in [0.25, 0.3) is 10.8 Å². The van der Waals surface area contributed by atoms with Crippen molar-refractivity contribution in [2.75, 3.05) is 13.7 Å². The number of hydrogen-bond acceptors (Lipinski definition) is 4. The van der Waals surface area contributed by atoms with E-state index < -0.39 is 18.0 Å². The average Bonchev–Trinajstić information content (AvgIpc) is 2.79. The molecule has 0 radical (unpaired) electrons. The summed E-state index contributed by atoms with van der Waals surface area (Å²) in [5.74, 6) is 0.155. The Morgan fingerprint density at radius 3 is 2.86 bits per heavy atom. The van der Waals surface area contributed by atoms with Crippen LogP contribution in [0.1, 0.15) is 6.92 Å².